The van der Waals surface area contributed by atoms with E-state index in [1.807, 2.05) is 58.3 Å². The van der Waals surface area contributed by atoms with Gasteiger partial charge in [0.15, 0.2) is 0 Å². The summed E-state index contributed by atoms with van der Waals surface area (Å²) in [6.45, 7) is 6.26. The summed E-state index contributed by atoms with van der Waals surface area (Å²) in [4.78, 5) is 31.3. The first-order valence-electron chi connectivity index (χ1n) is 17.1. The molecule has 5 nitrogen and oxygen atoms in total. The highest BCUT2D eigenvalue weighted by Gasteiger charge is 2.23. The number of anilines is 1. The normalized spacial score (nSPS) is 14.4. The van der Waals surface area contributed by atoms with Crippen molar-refractivity contribution < 1.29 is 14.3 Å². The summed E-state index contributed by atoms with van der Waals surface area (Å²) < 4.78 is 6.11. The zero-order valence-electron chi connectivity index (χ0n) is 27.5. The Hall–Kier alpha value is -4.38. The average Bonchev–Trinajstić information content (AvgIpc) is 3.10. The lowest BCUT2D eigenvalue weighted by Crippen LogP contribution is -2.34. The van der Waals surface area contributed by atoms with Crippen LogP contribution in [0.2, 0.25) is 0 Å². The third kappa shape index (κ3) is 8.66. The lowest BCUT2D eigenvalue weighted by Gasteiger charge is -2.28. The van der Waals surface area contributed by atoms with E-state index < -0.39 is 0 Å². The van der Waals surface area contributed by atoms with Gasteiger partial charge >= 0.3 is 0 Å². The van der Waals surface area contributed by atoms with Crippen LogP contribution >= 0.6 is 0 Å². The number of hydrogen-bond donors (Lipinski definition) is 0. The van der Waals surface area contributed by atoms with Crippen LogP contribution in [-0.2, 0) is 24.2 Å². The van der Waals surface area contributed by atoms with Gasteiger partial charge in [-0.1, -0.05) is 111 Å². The molecule has 0 atom stereocenters. The van der Waals surface area contributed by atoms with Crippen LogP contribution in [0.4, 0.5) is 5.69 Å². The van der Waals surface area contributed by atoms with Gasteiger partial charge in [-0.05, 0) is 72.6 Å². The lowest BCUT2D eigenvalue weighted by atomic mass is 9.93. The number of carbonyl (C=O) groups excluding carboxylic acids is 2. The molecule has 4 aromatic carbocycles. The Balaban J connectivity index is 1.52. The van der Waals surface area contributed by atoms with E-state index in [-0.39, 0.29) is 11.8 Å². The molecular weight excluding hydrogens is 568 g/mol. The van der Waals surface area contributed by atoms with E-state index in [1.165, 1.54) is 5.56 Å². The Morgan fingerprint density at radius 1 is 0.739 bits per heavy atom. The summed E-state index contributed by atoms with van der Waals surface area (Å²) in [6, 6.07) is 33.0. The minimum atomic E-state index is 0.0437. The molecule has 0 saturated heterocycles. The van der Waals surface area contributed by atoms with Crippen LogP contribution in [-0.4, -0.2) is 36.4 Å². The molecule has 0 saturated carbocycles. The maximum Gasteiger partial charge on any atom is 0.254 e. The predicted molar refractivity (Wildman–Crippen MR) is 188 cm³/mol. The Bertz CT molecular complexity index is 1580. The standard InChI is InChI=1S/C41H48N2O3/c1-3-29-46-40-22-14-12-20-37(40)34-25-26-38(35(30-34)24-23-33-17-9-8-10-18-33)41(45)42-27-15-6-4-5-7-16-28-43(32(2)44)39-21-13-11-19-36(39)31-42/h8-14,17-22,25-26,30H,3-7,15-16,23-24,27-29,31H2,1-2H3. The Morgan fingerprint density at radius 2 is 1.43 bits per heavy atom. The number of para-hydroxylation sites is 2. The van der Waals surface area contributed by atoms with Crippen molar-refractivity contribution in [2.75, 3.05) is 24.6 Å². The zero-order chi connectivity index (χ0) is 32.1. The van der Waals surface area contributed by atoms with Crippen molar-refractivity contribution in [3.63, 3.8) is 0 Å². The van der Waals surface area contributed by atoms with Gasteiger partial charge < -0.3 is 14.5 Å². The molecule has 0 spiro atoms. The van der Waals surface area contributed by atoms with E-state index >= 15 is 0 Å². The van der Waals surface area contributed by atoms with E-state index in [9.17, 15) is 9.59 Å². The number of aryl methyl sites for hydroxylation is 2. The molecule has 1 aliphatic heterocycles. The van der Waals surface area contributed by atoms with Crippen molar-refractivity contribution in [3.05, 3.63) is 119 Å². The Kier molecular flexibility index (Phi) is 12.0. The highest BCUT2D eigenvalue weighted by atomic mass is 16.5. The molecule has 1 heterocycles. The first kappa shape index (κ1) is 33.0. The minimum absolute atomic E-state index is 0.0437. The number of carbonyl (C=O) groups is 2. The van der Waals surface area contributed by atoms with E-state index in [4.69, 9.17) is 4.74 Å². The molecule has 2 amide bonds. The van der Waals surface area contributed by atoms with Gasteiger partial charge in [0.1, 0.15) is 5.75 Å². The average molecular weight is 617 g/mol. The molecule has 0 unspecified atom stereocenters. The molecule has 4 aromatic rings. The van der Waals surface area contributed by atoms with Crippen LogP contribution in [0.25, 0.3) is 11.1 Å². The minimum Gasteiger partial charge on any atom is -0.493 e. The molecule has 0 bridgehead atoms. The van der Waals surface area contributed by atoms with Crippen LogP contribution in [0.15, 0.2) is 97.1 Å². The summed E-state index contributed by atoms with van der Waals surface area (Å²) >= 11 is 0. The number of hydrogen-bond acceptors (Lipinski definition) is 3. The quantitative estimate of drug-likeness (QED) is 0.198. The van der Waals surface area contributed by atoms with Gasteiger partial charge in [-0.3, -0.25) is 9.59 Å². The van der Waals surface area contributed by atoms with Gasteiger partial charge in [0.25, 0.3) is 5.91 Å². The van der Waals surface area contributed by atoms with Gasteiger partial charge in [-0.25, -0.2) is 0 Å². The van der Waals surface area contributed by atoms with Crippen molar-refractivity contribution in [3.8, 4) is 16.9 Å². The molecule has 0 radical (unpaired) electrons. The fourth-order valence-corrected chi connectivity index (χ4v) is 6.41. The second-order valence-corrected chi connectivity index (χ2v) is 12.3. The number of fused-ring (bicyclic) bond motifs is 1. The van der Waals surface area contributed by atoms with Crippen molar-refractivity contribution in [1.82, 2.24) is 4.90 Å². The zero-order valence-corrected chi connectivity index (χ0v) is 27.5. The van der Waals surface area contributed by atoms with E-state index in [0.29, 0.717) is 26.2 Å². The monoisotopic (exact) mass is 616 g/mol. The molecule has 1 aliphatic rings. The number of nitrogens with zero attached hydrogens (tertiary/aromatic N) is 2. The molecule has 240 valence electrons. The summed E-state index contributed by atoms with van der Waals surface area (Å²) in [5, 5.41) is 0. The molecule has 0 N–H and O–H groups in total. The second-order valence-electron chi connectivity index (χ2n) is 12.3. The highest BCUT2D eigenvalue weighted by molar-refractivity contribution is 5.97. The molecule has 5 heteroatoms. The second kappa shape index (κ2) is 16.8. The largest absolute Gasteiger partial charge is 0.493 e. The summed E-state index contributed by atoms with van der Waals surface area (Å²) in [5.41, 5.74) is 7.05. The number of amides is 2. The van der Waals surface area contributed by atoms with E-state index in [2.05, 4.69) is 55.5 Å². The third-order valence-electron chi connectivity index (χ3n) is 8.89. The van der Waals surface area contributed by atoms with E-state index in [1.54, 1.807) is 6.92 Å². The number of ether oxygens (including phenoxy) is 1. The third-order valence-corrected chi connectivity index (χ3v) is 8.89. The molecule has 46 heavy (non-hydrogen) atoms. The first-order valence-corrected chi connectivity index (χ1v) is 17.1. The Morgan fingerprint density at radius 3 is 2.22 bits per heavy atom. The Labute approximate surface area is 275 Å². The van der Waals surface area contributed by atoms with Crippen molar-refractivity contribution >= 4 is 17.5 Å². The molecule has 0 aromatic heterocycles. The first-order chi connectivity index (χ1) is 22.5. The van der Waals surface area contributed by atoms with Gasteiger partial charge in [0.05, 0.1) is 6.61 Å². The molecule has 0 aliphatic carbocycles. The van der Waals surface area contributed by atoms with Gasteiger partial charge in [-0.15, -0.1) is 0 Å². The maximum atomic E-state index is 14.6. The van der Waals surface area contributed by atoms with Crippen LogP contribution in [0.1, 0.15) is 85.8 Å². The topological polar surface area (TPSA) is 49.9 Å². The van der Waals surface area contributed by atoms with Gasteiger partial charge in [0.2, 0.25) is 5.91 Å². The fraction of sp³-hybridized carbons (Fsp3) is 0.366. The summed E-state index contributed by atoms with van der Waals surface area (Å²) in [7, 11) is 0. The maximum absolute atomic E-state index is 14.6. The molecule has 5 rings (SSSR count). The summed E-state index contributed by atoms with van der Waals surface area (Å²) in [5.74, 6) is 0.953. The van der Waals surface area contributed by atoms with Gasteiger partial charge in [0, 0.05) is 43.4 Å². The predicted octanol–water partition coefficient (Wildman–Crippen LogP) is 9.28. The van der Waals surface area contributed by atoms with Crippen LogP contribution in [0, 0.1) is 0 Å². The van der Waals surface area contributed by atoms with Gasteiger partial charge in [-0.2, -0.15) is 0 Å². The number of benzene rings is 4. The van der Waals surface area contributed by atoms with Crippen molar-refractivity contribution in [2.45, 2.75) is 78.2 Å². The van der Waals surface area contributed by atoms with Crippen LogP contribution < -0.4 is 9.64 Å². The smallest absolute Gasteiger partial charge is 0.254 e. The lowest BCUT2D eigenvalue weighted by molar-refractivity contribution is -0.116. The van der Waals surface area contributed by atoms with Crippen molar-refractivity contribution in [1.29, 1.82) is 0 Å². The SMILES string of the molecule is CCCOc1ccccc1-c1ccc(C(=O)N2CCCCCCCCN(C(C)=O)c3ccccc3C2)c(CCc2ccccc2)c1. The van der Waals surface area contributed by atoms with Crippen molar-refractivity contribution in [2.24, 2.45) is 0 Å². The summed E-state index contributed by atoms with van der Waals surface area (Å²) in [6.07, 6.45) is 8.97. The fourth-order valence-electron chi connectivity index (χ4n) is 6.41. The highest BCUT2D eigenvalue weighted by Crippen LogP contribution is 2.33. The van der Waals surface area contributed by atoms with Crippen LogP contribution in [0.5, 0.6) is 5.75 Å². The molecule has 0 fully saturated rings. The van der Waals surface area contributed by atoms with E-state index in [0.717, 1.165) is 97.0 Å². The number of rotatable bonds is 8. The van der Waals surface area contributed by atoms with Crippen LogP contribution in [0.3, 0.4) is 0 Å². The molecular formula is C41H48N2O3.